The number of hydrogen-bond acceptors (Lipinski definition) is 3. The minimum Gasteiger partial charge on any atom is -0.335 e. The molecule has 1 atom stereocenters. The van der Waals surface area contributed by atoms with Crippen molar-refractivity contribution in [3.8, 4) is 0 Å². The Morgan fingerprint density at radius 1 is 1.61 bits per heavy atom. The SMILES string of the molecule is CC(C)NCCC(=O)N1CCCC1c1cccs1. The number of thiophene rings is 1. The van der Waals surface area contributed by atoms with Crippen molar-refractivity contribution in [2.75, 3.05) is 13.1 Å². The Morgan fingerprint density at radius 3 is 3.11 bits per heavy atom. The van der Waals surface area contributed by atoms with Crippen LogP contribution in [0.15, 0.2) is 17.5 Å². The molecular formula is C14H22N2OS. The van der Waals surface area contributed by atoms with Crippen LogP contribution in [0.4, 0.5) is 0 Å². The Labute approximate surface area is 113 Å². The third-order valence-electron chi connectivity index (χ3n) is 3.34. The second kappa shape index (κ2) is 6.34. The summed E-state index contributed by atoms with van der Waals surface area (Å²) >= 11 is 1.76. The van der Waals surface area contributed by atoms with Gasteiger partial charge in [0.1, 0.15) is 0 Å². The second-order valence-electron chi connectivity index (χ2n) is 5.12. The van der Waals surface area contributed by atoms with Gasteiger partial charge >= 0.3 is 0 Å². The van der Waals surface area contributed by atoms with Crippen molar-refractivity contribution in [2.45, 2.75) is 45.2 Å². The Kier molecular flexibility index (Phi) is 4.78. The van der Waals surface area contributed by atoms with Gasteiger partial charge in [0.15, 0.2) is 0 Å². The lowest BCUT2D eigenvalue weighted by atomic mass is 10.2. The molecule has 0 radical (unpaired) electrons. The maximum Gasteiger partial charge on any atom is 0.224 e. The Morgan fingerprint density at radius 2 is 2.44 bits per heavy atom. The van der Waals surface area contributed by atoms with Gasteiger partial charge in [-0.2, -0.15) is 0 Å². The molecule has 0 saturated carbocycles. The molecule has 0 spiro atoms. The van der Waals surface area contributed by atoms with Crippen molar-refractivity contribution < 1.29 is 4.79 Å². The Balaban J connectivity index is 1.89. The maximum atomic E-state index is 12.2. The van der Waals surface area contributed by atoms with Crippen LogP contribution in [0.3, 0.4) is 0 Å². The van der Waals surface area contributed by atoms with E-state index < -0.39 is 0 Å². The molecule has 1 aliphatic rings. The molecule has 1 aliphatic heterocycles. The Hall–Kier alpha value is -0.870. The predicted octanol–water partition coefficient (Wildman–Crippen LogP) is 2.80. The van der Waals surface area contributed by atoms with E-state index in [0.717, 1.165) is 25.9 Å². The lowest BCUT2D eigenvalue weighted by Crippen LogP contribution is -2.34. The van der Waals surface area contributed by atoms with Crippen molar-refractivity contribution in [3.63, 3.8) is 0 Å². The van der Waals surface area contributed by atoms with E-state index in [4.69, 9.17) is 0 Å². The maximum absolute atomic E-state index is 12.2. The zero-order chi connectivity index (χ0) is 13.0. The van der Waals surface area contributed by atoms with Gasteiger partial charge in [0, 0.05) is 30.4 Å². The average molecular weight is 266 g/mol. The number of likely N-dealkylation sites (tertiary alicyclic amines) is 1. The number of carbonyl (C=O) groups is 1. The van der Waals surface area contributed by atoms with Crippen LogP contribution < -0.4 is 5.32 Å². The molecule has 0 aliphatic carbocycles. The van der Waals surface area contributed by atoms with E-state index in [1.54, 1.807) is 11.3 Å². The highest BCUT2D eigenvalue weighted by Gasteiger charge is 2.29. The molecule has 1 amide bonds. The van der Waals surface area contributed by atoms with E-state index in [2.05, 4.69) is 41.6 Å². The van der Waals surface area contributed by atoms with E-state index in [1.165, 1.54) is 4.88 Å². The number of rotatable bonds is 5. The molecule has 2 rings (SSSR count). The first-order valence-electron chi connectivity index (χ1n) is 6.74. The van der Waals surface area contributed by atoms with Crippen LogP contribution in [0.2, 0.25) is 0 Å². The molecule has 3 nitrogen and oxygen atoms in total. The number of nitrogens with one attached hydrogen (secondary N) is 1. The summed E-state index contributed by atoms with van der Waals surface area (Å²) in [5.74, 6) is 0.291. The lowest BCUT2D eigenvalue weighted by molar-refractivity contribution is -0.132. The Bertz CT molecular complexity index is 375. The zero-order valence-electron chi connectivity index (χ0n) is 11.2. The predicted molar refractivity (Wildman–Crippen MR) is 75.8 cm³/mol. The summed E-state index contributed by atoms with van der Waals surface area (Å²) in [7, 11) is 0. The smallest absolute Gasteiger partial charge is 0.224 e. The molecule has 1 fully saturated rings. The summed E-state index contributed by atoms with van der Waals surface area (Å²) in [5.41, 5.74) is 0. The fourth-order valence-electron chi connectivity index (χ4n) is 2.45. The normalized spacial score (nSPS) is 19.7. The summed E-state index contributed by atoms with van der Waals surface area (Å²) in [6.45, 7) is 5.91. The van der Waals surface area contributed by atoms with Crippen molar-refractivity contribution >= 4 is 17.2 Å². The second-order valence-corrected chi connectivity index (χ2v) is 6.10. The zero-order valence-corrected chi connectivity index (χ0v) is 12.0. The number of amides is 1. The largest absolute Gasteiger partial charge is 0.335 e. The van der Waals surface area contributed by atoms with E-state index in [-0.39, 0.29) is 0 Å². The van der Waals surface area contributed by atoms with Crippen molar-refractivity contribution in [3.05, 3.63) is 22.4 Å². The number of hydrogen-bond donors (Lipinski definition) is 1. The van der Waals surface area contributed by atoms with Crippen LogP contribution in [0.1, 0.15) is 44.0 Å². The standard InChI is InChI=1S/C14H22N2OS/c1-11(2)15-8-7-14(17)16-9-3-5-12(16)13-6-4-10-18-13/h4,6,10-12,15H,3,5,7-9H2,1-2H3. The summed E-state index contributed by atoms with van der Waals surface area (Å²) in [6, 6.07) is 5.00. The molecule has 1 N–H and O–H groups in total. The van der Waals surface area contributed by atoms with Gasteiger partial charge in [-0.05, 0) is 24.3 Å². The molecule has 0 aromatic carbocycles. The molecule has 1 aromatic heterocycles. The topological polar surface area (TPSA) is 32.3 Å². The summed E-state index contributed by atoms with van der Waals surface area (Å²) in [6.07, 6.45) is 2.86. The van der Waals surface area contributed by atoms with E-state index >= 15 is 0 Å². The minimum absolute atomic E-state index is 0.291. The van der Waals surface area contributed by atoms with Gasteiger partial charge < -0.3 is 10.2 Å². The highest BCUT2D eigenvalue weighted by atomic mass is 32.1. The summed E-state index contributed by atoms with van der Waals surface area (Å²) in [5, 5.41) is 5.40. The van der Waals surface area contributed by atoms with Crippen LogP contribution in [0.25, 0.3) is 0 Å². The first-order chi connectivity index (χ1) is 8.68. The fraction of sp³-hybridized carbons (Fsp3) is 0.643. The van der Waals surface area contributed by atoms with E-state index in [9.17, 15) is 4.79 Å². The van der Waals surface area contributed by atoms with E-state index in [1.807, 2.05) is 0 Å². The first-order valence-corrected chi connectivity index (χ1v) is 7.62. The van der Waals surface area contributed by atoms with Gasteiger partial charge in [-0.1, -0.05) is 19.9 Å². The number of nitrogens with zero attached hydrogens (tertiary/aromatic N) is 1. The molecule has 4 heteroatoms. The van der Waals surface area contributed by atoms with Crippen LogP contribution in [-0.4, -0.2) is 29.9 Å². The summed E-state index contributed by atoms with van der Waals surface area (Å²) in [4.78, 5) is 15.6. The van der Waals surface area contributed by atoms with Crippen LogP contribution in [0, 0.1) is 0 Å². The minimum atomic E-state index is 0.291. The first kappa shape index (κ1) is 13.6. The molecular weight excluding hydrogens is 244 g/mol. The van der Waals surface area contributed by atoms with E-state index in [0.29, 0.717) is 24.4 Å². The van der Waals surface area contributed by atoms with Gasteiger partial charge in [-0.25, -0.2) is 0 Å². The van der Waals surface area contributed by atoms with Crippen LogP contribution in [-0.2, 0) is 4.79 Å². The quantitative estimate of drug-likeness (QED) is 0.889. The van der Waals surface area contributed by atoms with Crippen LogP contribution in [0.5, 0.6) is 0 Å². The van der Waals surface area contributed by atoms with Gasteiger partial charge in [0.05, 0.1) is 6.04 Å². The van der Waals surface area contributed by atoms with Gasteiger partial charge in [-0.3, -0.25) is 4.79 Å². The highest BCUT2D eigenvalue weighted by molar-refractivity contribution is 7.10. The molecule has 1 saturated heterocycles. The average Bonchev–Trinajstić information content (AvgIpc) is 2.99. The van der Waals surface area contributed by atoms with Gasteiger partial charge in [0.25, 0.3) is 0 Å². The molecule has 100 valence electrons. The molecule has 1 aromatic rings. The summed E-state index contributed by atoms with van der Waals surface area (Å²) < 4.78 is 0. The molecule has 2 heterocycles. The van der Waals surface area contributed by atoms with Crippen molar-refractivity contribution in [1.82, 2.24) is 10.2 Å². The molecule has 18 heavy (non-hydrogen) atoms. The third-order valence-corrected chi connectivity index (χ3v) is 4.31. The molecule has 1 unspecified atom stereocenters. The highest BCUT2D eigenvalue weighted by Crippen LogP contribution is 2.34. The van der Waals surface area contributed by atoms with Gasteiger partial charge in [0.2, 0.25) is 5.91 Å². The third kappa shape index (κ3) is 3.33. The lowest BCUT2D eigenvalue weighted by Gasteiger charge is -2.24. The fourth-order valence-corrected chi connectivity index (χ4v) is 3.33. The monoisotopic (exact) mass is 266 g/mol. The van der Waals surface area contributed by atoms with Gasteiger partial charge in [-0.15, -0.1) is 11.3 Å². The molecule has 0 bridgehead atoms. The number of carbonyl (C=O) groups excluding carboxylic acids is 1. The van der Waals surface area contributed by atoms with Crippen molar-refractivity contribution in [2.24, 2.45) is 0 Å². The van der Waals surface area contributed by atoms with Crippen LogP contribution >= 0.6 is 11.3 Å². The van der Waals surface area contributed by atoms with Crippen molar-refractivity contribution in [1.29, 1.82) is 0 Å².